The van der Waals surface area contributed by atoms with Gasteiger partial charge in [-0.15, -0.1) is 0 Å². The fraction of sp³-hybridized carbons (Fsp3) is 0.0714. The number of nitro groups is 1. The number of benzene rings is 2. The molecule has 0 aromatic heterocycles. The number of rotatable bonds is 4. The Morgan fingerprint density at radius 3 is 2.50 bits per heavy atom. The van der Waals surface area contributed by atoms with Gasteiger partial charge >= 0.3 is 0 Å². The molecule has 2 aromatic carbocycles. The summed E-state index contributed by atoms with van der Waals surface area (Å²) in [6.07, 6.45) is 0. The maximum absolute atomic E-state index is 13.7. The molecule has 0 saturated carbocycles. The molecule has 20 heavy (non-hydrogen) atoms. The van der Waals surface area contributed by atoms with Gasteiger partial charge in [0.1, 0.15) is 5.75 Å². The highest BCUT2D eigenvalue weighted by molar-refractivity contribution is 5.96. The number of nitrogens with zero attached hydrogens (tertiary/aromatic N) is 1. The van der Waals surface area contributed by atoms with Crippen molar-refractivity contribution in [1.82, 2.24) is 0 Å². The van der Waals surface area contributed by atoms with Gasteiger partial charge in [-0.3, -0.25) is 14.9 Å². The molecule has 0 aliphatic heterocycles. The molecule has 0 aliphatic rings. The molecule has 0 amide bonds. The number of nitro benzene ring substituents is 1. The first kappa shape index (κ1) is 13.7. The Morgan fingerprint density at radius 1 is 1.20 bits per heavy atom. The molecule has 0 spiro atoms. The molecule has 0 N–H and O–H groups in total. The maximum Gasteiger partial charge on any atom is 0.272 e. The van der Waals surface area contributed by atoms with Crippen molar-refractivity contribution in [1.29, 1.82) is 0 Å². The molecule has 0 saturated heterocycles. The maximum atomic E-state index is 13.7. The number of hydrogen-bond acceptors (Lipinski definition) is 4. The van der Waals surface area contributed by atoms with E-state index in [1.807, 2.05) is 0 Å². The number of para-hydroxylation sites is 1. The van der Waals surface area contributed by atoms with E-state index >= 15 is 0 Å². The quantitative estimate of drug-likeness (QED) is 0.484. The smallest absolute Gasteiger partial charge is 0.272 e. The average Bonchev–Trinajstić information content (AvgIpc) is 2.41. The lowest BCUT2D eigenvalue weighted by Gasteiger charge is -2.09. The molecule has 5 nitrogen and oxygen atoms in total. The van der Waals surface area contributed by atoms with Gasteiger partial charge in [-0.2, -0.15) is 0 Å². The van der Waals surface area contributed by atoms with Gasteiger partial charge in [-0.05, 0) is 25.1 Å². The molecule has 0 heterocycles. The Balaban J connectivity index is 2.36. The van der Waals surface area contributed by atoms with Gasteiger partial charge in [0.05, 0.1) is 16.6 Å². The summed E-state index contributed by atoms with van der Waals surface area (Å²) in [6, 6.07) is 9.45. The normalized spacial score (nSPS) is 10.1. The Bertz CT molecular complexity index is 685. The second-order valence-electron chi connectivity index (χ2n) is 4.03. The molecular weight excluding hydrogens is 265 g/mol. The van der Waals surface area contributed by atoms with Crippen molar-refractivity contribution in [2.45, 2.75) is 6.92 Å². The van der Waals surface area contributed by atoms with Crippen LogP contribution in [0.15, 0.2) is 42.5 Å². The second-order valence-corrected chi connectivity index (χ2v) is 4.03. The zero-order valence-electron chi connectivity index (χ0n) is 10.5. The van der Waals surface area contributed by atoms with Crippen LogP contribution in [-0.2, 0) is 0 Å². The molecule has 2 rings (SSSR count). The summed E-state index contributed by atoms with van der Waals surface area (Å²) in [7, 11) is 0. The third kappa shape index (κ3) is 2.80. The largest absolute Gasteiger partial charge is 0.454 e. The van der Waals surface area contributed by atoms with Crippen molar-refractivity contribution in [3.05, 3.63) is 64.0 Å². The van der Waals surface area contributed by atoms with Crippen LogP contribution in [0, 0.1) is 15.9 Å². The lowest BCUT2D eigenvalue weighted by atomic mass is 10.1. The zero-order valence-corrected chi connectivity index (χ0v) is 10.5. The molecule has 102 valence electrons. The third-order valence-electron chi connectivity index (χ3n) is 2.61. The van der Waals surface area contributed by atoms with E-state index in [0.717, 1.165) is 18.2 Å². The van der Waals surface area contributed by atoms with E-state index in [-0.39, 0.29) is 23.0 Å². The van der Waals surface area contributed by atoms with Crippen molar-refractivity contribution >= 4 is 11.5 Å². The highest BCUT2D eigenvalue weighted by Gasteiger charge is 2.14. The highest BCUT2D eigenvalue weighted by Crippen LogP contribution is 2.29. The van der Waals surface area contributed by atoms with Gasteiger partial charge in [-0.25, -0.2) is 4.39 Å². The predicted molar refractivity (Wildman–Crippen MR) is 69.6 cm³/mol. The Kier molecular flexibility index (Phi) is 3.74. The van der Waals surface area contributed by atoms with E-state index < -0.39 is 10.7 Å². The summed E-state index contributed by atoms with van der Waals surface area (Å²) in [4.78, 5) is 21.2. The molecule has 0 aliphatic carbocycles. The average molecular weight is 275 g/mol. The molecular formula is C14H10FNO4. The summed E-state index contributed by atoms with van der Waals surface area (Å²) in [5.41, 5.74) is -0.0556. The van der Waals surface area contributed by atoms with Crippen molar-refractivity contribution < 1.29 is 18.8 Å². The number of hydrogen-bond donors (Lipinski definition) is 0. The van der Waals surface area contributed by atoms with E-state index in [9.17, 15) is 19.3 Å². The van der Waals surface area contributed by atoms with Gasteiger partial charge in [0.25, 0.3) is 5.69 Å². The highest BCUT2D eigenvalue weighted by atomic mass is 19.1. The number of ether oxygens (including phenoxy) is 1. The minimum atomic E-state index is -0.863. The molecule has 6 heteroatoms. The van der Waals surface area contributed by atoms with E-state index in [2.05, 4.69) is 0 Å². The minimum absolute atomic E-state index is 0.177. The molecule has 0 bridgehead atoms. The predicted octanol–water partition coefficient (Wildman–Crippen LogP) is 3.73. The van der Waals surface area contributed by atoms with Crippen LogP contribution < -0.4 is 4.74 Å². The standard InChI is InChI=1S/C14H10FNO4/c1-9(17)11-4-2-3-5-13(11)20-14-7-6-10(16(18)19)8-12(14)15/h2-8H,1H3. The van der Waals surface area contributed by atoms with E-state index in [1.54, 1.807) is 18.2 Å². The van der Waals surface area contributed by atoms with Gasteiger partial charge in [-0.1, -0.05) is 12.1 Å². The molecule has 0 atom stereocenters. The second kappa shape index (κ2) is 5.48. The van der Waals surface area contributed by atoms with Crippen molar-refractivity contribution in [2.75, 3.05) is 0 Å². The summed E-state index contributed by atoms with van der Waals surface area (Å²) >= 11 is 0. The number of carbonyl (C=O) groups excluding carboxylic acids is 1. The van der Waals surface area contributed by atoms with Gasteiger partial charge in [0.2, 0.25) is 0 Å². The topological polar surface area (TPSA) is 69.4 Å². The Morgan fingerprint density at radius 2 is 1.90 bits per heavy atom. The molecule has 0 fully saturated rings. The van der Waals surface area contributed by atoms with E-state index in [4.69, 9.17) is 4.74 Å². The fourth-order valence-electron chi connectivity index (χ4n) is 1.65. The van der Waals surface area contributed by atoms with Gasteiger partial charge in [0.15, 0.2) is 17.3 Å². The molecule has 0 radical (unpaired) electrons. The van der Waals surface area contributed by atoms with E-state index in [1.165, 1.54) is 13.0 Å². The minimum Gasteiger partial charge on any atom is -0.454 e. The van der Waals surface area contributed by atoms with Gasteiger partial charge < -0.3 is 4.74 Å². The summed E-state index contributed by atoms with van der Waals surface area (Å²) in [5, 5.41) is 10.5. The van der Waals surface area contributed by atoms with Crippen LogP contribution >= 0.6 is 0 Å². The fourth-order valence-corrected chi connectivity index (χ4v) is 1.65. The van der Waals surface area contributed by atoms with Crippen LogP contribution in [0.3, 0.4) is 0 Å². The first-order valence-electron chi connectivity index (χ1n) is 5.71. The van der Waals surface area contributed by atoms with Crippen LogP contribution in [0.4, 0.5) is 10.1 Å². The lowest BCUT2D eigenvalue weighted by Crippen LogP contribution is -1.98. The van der Waals surface area contributed by atoms with Crippen LogP contribution in [0.2, 0.25) is 0 Å². The summed E-state index contributed by atoms with van der Waals surface area (Å²) in [5.74, 6) is -1.06. The Labute approximate surface area is 113 Å². The number of non-ortho nitro benzene ring substituents is 1. The third-order valence-corrected chi connectivity index (χ3v) is 2.61. The molecule has 2 aromatic rings. The van der Waals surface area contributed by atoms with Crippen molar-refractivity contribution in [3.8, 4) is 11.5 Å². The van der Waals surface area contributed by atoms with Crippen LogP contribution in [0.25, 0.3) is 0 Å². The van der Waals surface area contributed by atoms with E-state index in [0.29, 0.717) is 5.56 Å². The van der Waals surface area contributed by atoms with Crippen LogP contribution in [0.1, 0.15) is 17.3 Å². The van der Waals surface area contributed by atoms with Crippen molar-refractivity contribution in [3.63, 3.8) is 0 Å². The number of carbonyl (C=O) groups is 1. The van der Waals surface area contributed by atoms with Crippen LogP contribution in [-0.4, -0.2) is 10.7 Å². The monoisotopic (exact) mass is 275 g/mol. The summed E-state index contributed by atoms with van der Waals surface area (Å²) < 4.78 is 19.0. The lowest BCUT2D eigenvalue weighted by molar-refractivity contribution is -0.385. The number of Topliss-reactive ketones (excluding diaryl/α,β-unsaturated/α-hetero) is 1. The first-order chi connectivity index (χ1) is 9.49. The molecule has 0 unspecified atom stereocenters. The van der Waals surface area contributed by atoms with Gasteiger partial charge in [0, 0.05) is 6.07 Å². The zero-order chi connectivity index (χ0) is 14.7. The SMILES string of the molecule is CC(=O)c1ccccc1Oc1ccc([N+](=O)[O-])cc1F. The number of halogens is 1. The van der Waals surface area contributed by atoms with Crippen molar-refractivity contribution in [2.24, 2.45) is 0 Å². The number of ketones is 1. The summed E-state index contributed by atoms with van der Waals surface area (Å²) in [6.45, 7) is 1.37. The first-order valence-corrected chi connectivity index (χ1v) is 5.71. The Hall–Kier alpha value is -2.76. The van der Waals surface area contributed by atoms with Crippen LogP contribution in [0.5, 0.6) is 11.5 Å².